The third-order valence-corrected chi connectivity index (χ3v) is 7.40. The van der Waals surface area contributed by atoms with Crippen LogP contribution in [0.15, 0.2) is 29.8 Å². The first-order valence-corrected chi connectivity index (χ1v) is 11.0. The average Bonchev–Trinajstić information content (AvgIpc) is 3.21. The molecule has 0 aromatic heterocycles. The Kier molecular flexibility index (Phi) is 5.83. The standard InChI is InChI=1S/C25H33NO4/c1-15-8-21-16(2)9-22(18-10-19(27-4)12-20(11-18)28-5)23(17(3)14-26)24(21)25(13-15)29-6-7-30-25/h9-12,15,17,21-24H,6-8,13H2,1-5H3/t15-,17+,21-,22-,23+,24+/m1/s1. The van der Waals surface area contributed by atoms with Crippen LogP contribution in [0.2, 0.25) is 0 Å². The van der Waals surface area contributed by atoms with Gasteiger partial charge in [-0.25, -0.2) is 0 Å². The minimum absolute atomic E-state index is 0.0722. The van der Waals surface area contributed by atoms with Crippen molar-refractivity contribution in [1.29, 1.82) is 5.26 Å². The van der Waals surface area contributed by atoms with Gasteiger partial charge in [-0.15, -0.1) is 0 Å². The van der Waals surface area contributed by atoms with Crippen LogP contribution in [-0.2, 0) is 9.47 Å². The third kappa shape index (κ3) is 3.50. The highest BCUT2D eigenvalue weighted by atomic mass is 16.7. The Balaban J connectivity index is 1.86. The number of methoxy groups -OCH3 is 2. The molecule has 1 saturated carbocycles. The normalized spacial score (nSPS) is 33.3. The Labute approximate surface area is 180 Å². The highest BCUT2D eigenvalue weighted by Gasteiger charge is 2.58. The van der Waals surface area contributed by atoms with E-state index in [4.69, 9.17) is 18.9 Å². The molecular weight excluding hydrogens is 378 g/mol. The maximum absolute atomic E-state index is 9.99. The van der Waals surface area contributed by atoms with Gasteiger partial charge in [-0.2, -0.15) is 5.26 Å². The minimum Gasteiger partial charge on any atom is -0.497 e. The average molecular weight is 412 g/mol. The van der Waals surface area contributed by atoms with E-state index in [0.717, 1.165) is 29.9 Å². The summed E-state index contributed by atoms with van der Waals surface area (Å²) in [5, 5.41) is 9.99. The molecule has 1 aliphatic heterocycles. The molecule has 0 radical (unpaired) electrons. The molecule has 3 aliphatic rings. The molecule has 5 heteroatoms. The molecule has 6 atom stereocenters. The fourth-order valence-electron chi connectivity index (χ4n) is 6.19. The molecule has 0 amide bonds. The topological polar surface area (TPSA) is 60.7 Å². The van der Waals surface area contributed by atoms with Crippen molar-refractivity contribution in [3.63, 3.8) is 0 Å². The van der Waals surface area contributed by atoms with Gasteiger partial charge >= 0.3 is 0 Å². The van der Waals surface area contributed by atoms with Crippen LogP contribution in [0.1, 0.15) is 45.1 Å². The summed E-state index contributed by atoms with van der Waals surface area (Å²) in [5.74, 6) is 2.02. The summed E-state index contributed by atoms with van der Waals surface area (Å²) in [7, 11) is 3.34. The molecule has 1 aromatic rings. The zero-order valence-electron chi connectivity index (χ0n) is 18.7. The summed E-state index contributed by atoms with van der Waals surface area (Å²) >= 11 is 0. The Bertz CT molecular complexity index is 829. The van der Waals surface area contributed by atoms with Gasteiger partial charge < -0.3 is 18.9 Å². The fourth-order valence-corrected chi connectivity index (χ4v) is 6.19. The maximum atomic E-state index is 9.99. The highest BCUT2D eigenvalue weighted by molar-refractivity contribution is 5.43. The first-order chi connectivity index (χ1) is 14.4. The van der Waals surface area contributed by atoms with Gasteiger partial charge in [0.15, 0.2) is 5.79 Å². The Morgan fingerprint density at radius 2 is 1.77 bits per heavy atom. The number of benzene rings is 1. The molecule has 0 N–H and O–H groups in total. The van der Waals surface area contributed by atoms with E-state index in [2.05, 4.69) is 38.1 Å². The number of fused-ring (bicyclic) bond motifs is 2. The molecule has 1 aromatic carbocycles. The van der Waals surface area contributed by atoms with E-state index in [1.165, 1.54) is 5.57 Å². The van der Waals surface area contributed by atoms with E-state index in [9.17, 15) is 5.26 Å². The van der Waals surface area contributed by atoms with Gasteiger partial charge in [-0.3, -0.25) is 0 Å². The van der Waals surface area contributed by atoms with E-state index < -0.39 is 5.79 Å². The largest absolute Gasteiger partial charge is 0.497 e. The zero-order valence-corrected chi connectivity index (χ0v) is 18.7. The lowest BCUT2D eigenvalue weighted by molar-refractivity contribution is -0.249. The van der Waals surface area contributed by atoms with Gasteiger partial charge in [-0.1, -0.05) is 18.6 Å². The Morgan fingerprint density at radius 3 is 2.33 bits per heavy atom. The number of allylic oxidation sites excluding steroid dienone is 2. The first-order valence-electron chi connectivity index (χ1n) is 11.0. The van der Waals surface area contributed by atoms with Crippen LogP contribution >= 0.6 is 0 Å². The molecule has 1 heterocycles. The monoisotopic (exact) mass is 411 g/mol. The molecule has 30 heavy (non-hydrogen) atoms. The summed E-state index contributed by atoms with van der Waals surface area (Å²) in [6, 6.07) is 8.59. The van der Waals surface area contributed by atoms with Crippen molar-refractivity contribution in [2.45, 2.75) is 45.3 Å². The van der Waals surface area contributed by atoms with Crippen LogP contribution < -0.4 is 9.47 Å². The summed E-state index contributed by atoms with van der Waals surface area (Å²) in [6.07, 6.45) is 4.38. The van der Waals surface area contributed by atoms with Crippen molar-refractivity contribution in [2.24, 2.45) is 29.6 Å². The predicted octanol–water partition coefficient (Wildman–Crippen LogP) is 4.93. The van der Waals surface area contributed by atoms with Crippen molar-refractivity contribution < 1.29 is 18.9 Å². The van der Waals surface area contributed by atoms with Crippen LogP contribution in [0.25, 0.3) is 0 Å². The molecule has 2 aliphatic carbocycles. The molecular formula is C25H33NO4. The summed E-state index contributed by atoms with van der Waals surface area (Å²) < 4.78 is 23.8. The second-order valence-corrected chi connectivity index (χ2v) is 9.26. The molecule has 0 bridgehead atoms. The lowest BCUT2D eigenvalue weighted by Crippen LogP contribution is -2.55. The van der Waals surface area contributed by atoms with Crippen molar-refractivity contribution in [1.82, 2.24) is 0 Å². The zero-order chi connectivity index (χ0) is 21.5. The van der Waals surface area contributed by atoms with Crippen LogP contribution in [0.3, 0.4) is 0 Å². The van der Waals surface area contributed by atoms with Gasteiger partial charge in [0, 0.05) is 30.2 Å². The second-order valence-electron chi connectivity index (χ2n) is 9.26. The van der Waals surface area contributed by atoms with Crippen molar-refractivity contribution in [3.05, 3.63) is 35.4 Å². The molecule has 1 saturated heterocycles. The molecule has 0 unspecified atom stereocenters. The van der Waals surface area contributed by atoms with Crippen LogP contribution in [0, 0.1) is 40.9 Å². The van der Waals surface area contributed by atoms with E-state index in [0.29, 0.717) is 25.0 Å². The van der Waals surface area contributed by atoms with Crippen molar-refractivity contribution in [2.75, 3.05) is 27.4 Å². The smallest absolute Gasteiger partial charge is 0.172 e. The number of nitriles is 1. The van der Waals surface area contributed by atoms with Gasteiger partial charge in [0.25, 0.3) is 0 Å². The van der Waals surface area contributed by atoms with Gasteiger partial charge in [0.1, 0.15) is 11.5 Å². The SMILES string of the molecule is COc1cc(OC)cc([C@H]2C=C(C)[C@H]3C[C@@H](C)CC4(OCCO4)[C@@H]3[C@H]2[C@@H](C)C#N)c1. The Hall–Kier alpha value is -2.03. The molecule has 2 fully saturated rings. The van der Waals surface area contributed by atoms with E-state index in [-0.39, 0.29) is 23.7 Å². The maximum Gasteiger partial charge on any atom is 0.172 e. The number of rotatable bonds is 4. The highest BCUT2D eigenvalue weighted by Crippen LogP contribution is 2.58. The van der Waals surface area contributed by atoms with Gasteiger partial charge in [0.05, 0.1) is 33.5 Å². The van der Waals surface area contributed by atoms with Crippen LogP contribution in [-0.4, -0.2) is 33.2 Å². The number of hydrogen-bond donors (Lipinski definition) is 0. The van der Waals surface area contributed by atoms with Crippen LogP contribution in [0.5, 0.6) is 11.5 Å². The molecule has 162 valence electrons. The minimum atomic E-state index is -0.588. The number of nitrogens with zero attached hydrogens (tertiary/aromatic N) is 1. The van der Waals surface area contributed by atoms with Gasteiger partial charge in [0.2, 0.25) is 0 Å². The summed E-state index contributed by atoms with van der Waals surface area (Å²) in [5.41, 5.74) is 2.49. The molecule has 5 nitrogen and oxygen atoms in total. The fraction of sp³-hybridized carbons (Fsp3) is 0.640. The summed E-state index contributed by atoms with van der Waals surface area (Å²) in [4.78, 5) is 0. The van der Waals surface area contributed by atoms with E-state index in [1.54, 1.807) is 14.2 Å². The number of ether oxygens (including phenoxy) is 4. The molecule has 1 spiro atoms. The first kappa shape index (κ1) is 21.2. The van der Waals surface area contributed by atoms with E-state index in [1.807, 2.05) is 13.0 Å². The number of hydrogen-bond acceptors (Lipinski definition) is 5. The second kappa shape index (κ2) is 8.24. The lowest BCUT2D eigenvalue weighted by Gasteiger charge is -2.54. The van der Waals surface area contributed by atoms with E-state index >= 15 is 0 Å². The quantitative estimate of drug-likeness (QED) is 0.658. The predicted molar refractivity (Wildman–Crippen MR) is 114 cm³/mol. The Morgan fingerprint density at radius 1 is 1.13 bits per heavy atom. The third-order valence-electron chi connectivity index (χ3n) is 7.40. The van der Waals surface area contributed by atoms with Crippen molar-refractivity contribution >= 4 is 0 Å². The molecule has 4 rings (SSSR count). The summed E-state index contributed by atoms with van der Waals surface area (Å²) in [6.45, 7) is 7.82. The van der Waals surface area contributed by atoms with Crippen molar-refractivity contribution in [3.8, 4) is 17.6 Å². The van der Waals surface area contributed by atoms with Gasteiger partial charge in [-0.05, 0) is 55.7 Å². The van der Waals surface area contributed by atoms with Crippen LogP contribution in [0.4, 0.5) is 0 Å². The lowest BCUT2D eigenvalue weighted by atomic mass is 9.54.